The number of fused-ring (bicyclic) bond motifs is 3. The van der Waals surface area contributed by atoms with Crippen molar-refractivity contribution in [1.82, 2.24) is 4.98 Å². The molecule has 154 valence electrons. The van der Waals surface area contributed by atoms with Gasteiger partial charge in [0.25, 0.3) is 5.91 Å². The molecule has 0 radical (unpaired) electrons. The Morgan fingerprint density at radius 3 is 2.23 bits per heavy atom. The van der Waals surface area contributed by atoms with E-state index in [1.165, 1.54) is 0 Å². The first kappa shape index (κ1) is 19.8. The van der Waals surface area contributed by atoms with Crippen LogP contribution in [0.25, 0.3) is 10.2 Å². The first-order valence-corrected chi connectivity index (χ1v) is 11.5. The largest absolute Gasteiger partial charge is 0.456 e. The molecule has 2 heterocycles. The van der Waals surface area contributed by atoms with E-state index >= 15 is 0 Å². The summed E-state index contributed by atoms with van der Waals surface area (Å²) >= 11 is 3.20. The van der Waals surface area contributed by atoms with E-state index in [1.807, 2.05) is 72.8 Å². The minimum Gasteiger partial charge on any atom is -0.456 e. The lowest BCUT2D eigenvalue weighted by atomic mass is 10.2. The van der Waals surface area contributed by atoms with E-state index in [9.17, 15) is 9.59 Å². The number of ether oxygens (including phenoxy) is 1. The summed E-state index contributed by atoms with van der Waals surface area (Å²) < 4.78 is 6.42. The SMILES string of the molecule is O=C(CCc1nc2ccccc2s1)OCC(=O)N1c2ccccc2Sc2ccccc21. The van der Waals surface area contributed by atoms with Crippen molar-refractivity contribution in [2.45, 2.75) is 22.6 Å². The number of aromatic nitrogens is 1. The van der Waals surface area contributed by atoms with E-state index < -0.39 is 5.97 Å². The zero-order valence-electron chi connectivity index (χ0n) is 16.5. The van der Waals surface area contributed by atoms with E-state index in [0.717, 1.165) is 36.4 Å². The van der Waals surface area contributed by atoms with Gasteiger partial charge in [0.2, 0.25) is 0 Å². The average Bonchev–Trinajstić information content (AvgIpc) is 3.22. The van der Waals surface area contributed by atoms with Crippen LogP contribution in [0.1, 0.15) is 11.4 Å². The van der Waals surface area contributed by atoms with E-state index in [0.29, 0.717) is 6.42 Å². The van der Waals surface area contributed by atoms with Crippen molar-refractivity contribution in [3.8, 4) is 0 Å². The van der Waals surface area contributed by atoms with Gasteiger partial charge < -0.3 is 4.74 Å². The van der Waals surface area contributed by atoms with E-state index in [4.69, 9.17) is 4.74 Å². The maximum atomic E-state index is 13.0. The number of para-hydroxylation sites is 3. The topological polar surface area (TPSA) is 59.5 Å². The standard InChI is InChI=1S/C24H18N2O3S2/c27-23(15-29-24(28)14-13-22-25-16-7-1-4-10-19(16)31-22)26-17-8-2-5-11-20(17)30-21-12-6-3-9-18(21)26/h1-12H,13-15H2. The van der Waals surface area contributed by atoms with Crippen LogP contribution in [0.15, 0.2) is 82.6 Å². The van der Waals surface area contributed by atoms with Crippen LogP contribution >= 0.6 is 23.1 Å². The normalized spacial score (nSPS) is 12.3. The minimum atomic E-state index is -0.402. The van der Waals surface area contributed by atoms with Gasteiger partial charge in [0.1, 0.15) is 0 Å². The fraction of sp³-hybridized carbons (Fsp3) is 0.125. The van der Waals surface area contributed by atoms with Gasteiger partial charge in [-0.25, -0.2) is 4.98 Å². The van der Waals surface area contributed by atoms with Crippen molar-refractivity contribution in [1.29, 1.82) is 0 Å². The Balaban J connectivity index is 1.25. The van der Waals surface area contributed by atoms with Gasteiger partial charge >= 0.3 is 5.97 Å². The molecule has 0 bridgehead atoms. The summed E-state index contributed by atoms with van der Waals surface area (Å²) in [4.78, 5) is 33.5. The molecule has 5 rings (SSSR count). The minimum absolute atomic E-state index is 0.191. The molecule has 3 aromatic carbocycles. The fourth-order valence-electron chi connectivity index (χ4n) is 3.49. The highest BCUT2D eigenvalue weighted by atomic mass is 32.2. The van der Waals surface area contributed by atoms with Crippen molar-refractivity contribution in [2.75, 3.05) is 11.5 Å². The van der Waals surface area contributed by atoms with E-state index in [1.54, 1.807) is 28.0 Å². The van der Waals surface area contributed by atoms with Crippen LogP contribution in [0.4, 0.5) is 11.4 Å². The van der Waals surface area contributed by atoms with Gasteiger partial charge in [-0.15, -0.1) is 11.3 Å². The second-order valence-corrected chi connectivity index (χ2v) is 9.20. The molecule has 0 unspecified atom stereocenters. The summed E-state index contributed by atoms with van der Waals surface area (Å²) in [5.74, 6) is -0.672. The summed E-state index contributed by atoms with van der Waals surface area (Å²) in [6.45, 7) is -0.300. The third-order valence-electron chi connectivity index (χ3n) is 4.92. The van der Waals surface area contributed by atoms with Crippen LogP contribution in [-0.2, 0) is 20.7 Å². The molecule has 0 fully saturated rings. The van der Waals surface area contributed by atoms with Crippen molar-refractivity contribution in [3.63, 3.8) is 0 Å². The summed E-state index contributed by atoms with van der Waals surface area (Å²) in [6.07, 6.45) is 0.689. The smallest absolute Gasteiger partial charge is 0.306 e. The summed E-state index contributed by atoms with van der Waals surface area (Å²) in [7, 11) is 0. The molecule has 1 amide bonds. The number of carbonyl (C=O) groups is 2. The predicted octanol–water partition coefficient (Wildman–Crippen LogP) is 5.60. The van der Waals surface area contributed by atoms with Gasteiger partial charge in [-0.1, -0.05) is 48.2 Å². The number of rotatable bonds is 5. The van der Waals surface area contributed by atoms with Gasteiger partial charge in [-0.2, -0.15) is 0 Å². The predicted molar refractivity (Wildman–Crippen MR) is 123 cm³/mol. The number of benzene rings is 3. The Hall–Kier alpha value is -3.16. The highest BCUT2D eigenvalue weighted by Crippen LogP contribution is 2.47. The number of carbonyl (C=O) groups excluding carboxylic acids is 2. The van der Waals surface area contributed by atoms with Gasteiger partial charge in [-0.3, -0.25) is 14.5 Å². The highest BCUT2D eigenvalue weighted by Gasteiger charge is 2.28. The van der Waals surface area contributed by atoms with E-state index in [-0.39, 0.29) is 18.9 Å². The third-order valence-corrected chi connectivity index (χ3v) is 7.15. The van der Waals surface area contributed by atoms with Gasteiger partial charge in [0.05, 0.1) is 33.0 Å². The molecule has 0 atom stereocenters. The first-order chi connectivity index (χ1) is 15.2. The molecule has 31 heavy (non-hydrogen) atoms. The molecule has 0 saturated heterocycles. The molecular weight excluding hydrogens is 428 g/mol. The molecule has 4 aromatic rings. The third kappa shape index (κ3) is 4.06. The lowest BCUT2D eigenvalue weighted by Gasteiger charge is -2.30. The molecule has 1 aliphatic heterocycles. The number of aryl methyl sites for hydroxylation is 1. The van der Waals surface area contributed by atoms with Crippen LogP contribution in [0.5, 0.6) is 0 Å². The number of esters is 1. The number of anilines is 2. The number of hydrogen-bond acceptors (Lipinski definition) is 6. The molecule has 0 N–H and O–H groups in total. The fourth-order valence-corrected chi connectivity index (χ4v) is 5.51. The zero-order chi connectivity index (χ0) is 21.2. The van der Waals surface area contributed by atoms with Gasteiger partial charge in [-0.05, 0) is 36.4 Å². The Bertz CT molecular complexity index is 1210. The summed E-state index contributed by atoms with van der Waals surface area (Å²) in [5.41, 5.74) is 2.55. The number of hydrogen-bond donors (Lipinski definition) is 0. The highest BCUT2D eigenvalue weighted by molar-refractivity contribution is 7.99. The second-order valence-electron chi connectivity index (χ2n) is 7.00. The molecule has 0 aliphatic carbocycles. The summed E-state index contributed by atoms with van der Waals surface area (Å²) in [5, 5.41) is 0.889. The Labute approximate surface area is 187 Å². The lowest BCUT2D eigenvalue weighted by Crippen LogP contribution is -2.32. The number of nitrogens with zero attached hydrogens (tertiary/aromatic N) is 2. The second kappa shape index (κ2) is 8.53. The molecule has 7 heteroatoms. The maximum absolute atomic E-state index is 13.0. The van der Waals surface area contributed by atoms with Crippen LogP contribution in [0.3, 0.4) is 0 Å². The zero-order valence-corrected chi connectivity index (χ0v) is 18.1. The number of amides is 1. The molecule has 5 nitrogen and oxygen atoms in total. The summed E-state index contributed by atoms with van der Waals surface area (Å²) in [6, 6.07) is 23.4. The monoisotopic (exact) mass is 446 g/mol. The van der Waals surface area contributed by atoms with Crippen LogP contribution in [0.2, 0.25) is 0 Å². The van der Waals surface area contributed by atoms with Crippen molar-refractivity contribution < 1.29 is 14.3 Å². The van der Waals surface area contributed by atoms with Crippen LogP contribution < -0.4 is 4.90 Å². The average molecular weight is 447 g/mol. The van der Waals surface area contributed by atoms with Gasteiger partial charge in [0.15, 0.2) is 6.61 Å². The first-order valence-electron chi connectivity index (χ1n) is 9.88. The van der Waals surface area contributed by atoms with E-state index in [2.05, 4.69) is 4.98 Å². The van der Waals surface area contributed by atoms with Crippen LogP contribution in [0, 0.1) is 0 Å². The molecule has 0 saturated carbocycles. The molecule has 1 aliphatic rings. The Kier molecular flexibility index (Phi) is 5.44. The number of thiazole rings is 1. The van der Waals surface area contributed by atoms with Gasteiger partial charge in [0, 0.05) is 16.2 Å². The van der Waals surface area contributed by atoms with Crippen LogP contribution in [-0.4, -0.2) is 23.5 Å². The van der Waals surface area contributed by atoms with Crippen molar-refractivity contribution in [3.05, 3.63) is 77.8 Å². The quantitative estimate of drug-likeness (QED) is 0.373. The van der Waals surface area contributed by atoms with Crippen molar-refractivity contribution >= 4 is 56.6 Å². The molecule has 0 spiro atoms. The van der Waals surface area contributed by atoms with Crippen molar-refractivity contribution in [2.24, 2.45) is 0 Å². The molecule has 1 aromatic heterocycles. The molecular formula is C24H18N2O3S2. The maximum Gasteiger partial charge on any atom is 0.306 e. The lowest BCUT2D eigenvalue weighted by molar-refractivity contribution is -0.147. The Morgan fingerprint density at radius 2 is 1.52 bits per heavy atom. The Morgan fingerprint density at radius 1 is 0.871 bits per heavy atom.